The number of rotatable bonds is 3. The molecule has 0 aliphatic carbocycles. The van der Waals surface area contributed by atoms with Crippen LogP contribution in [-0.4, -0.2) is 58.4 Å². The van der Waals surface area contributed by atoms with Crippen LogP contribution in [0.25, 0.3) is 0 Å². The Labute approximate surface area is 111 Å². The van der Waals surface area contributed by atoms with Crippen molar-refractivity contribution >= 4 is 5.97 Å². The topological polar surface area (TPSA) is 80.3 Å². The van der Waals surface area contributed by atoms with Crippen LogP contribution in [-0.2, 0) is 20.7 Å². The van der Waals surface area contributed by atoms with Crippen molar-refractivity contribution in [1.82, 2.24) is 20.1 Å². The fourth-order valence-electron chi connectivity index (χ4n) is 2.54. The van der Waals surface area contributed by atoms with Gasteiger partial charge >= 0.3 is 5.97 Å². The van der Waals surface area contributed by atoms with Gasteiger partial charge in [0.2, 0.25) is 0 Å². The SMILES string of the molecule is CCc1nc([C@H]2CN([C@@H]3CCOC3=O)CCO2)n[nH]1. The lowest BCUT2D eigenvalue weighted by molar-refractivity contribution is -0.144. The first-order valence-corrected chi connectivity index (χ1v) is 6.71. The standard InChI is InChI=1S/C12H18N4O3/c1-2-10-13-11(15-14-10)9-7-16(4-6-18-9)8-3-5-19-12(8)17/h8-9H,2-7H2,1H3,(H,13,14,15)/t8-,9-/m1/s1. The summed E-state index contributed by atoms with van der Waals surface area (Å²) in [5.41, 5.74) is 0. The van der Waals surface area contributed by atoms with Gasteiger partial charge in [-0.1, -0.05) is 6.92 Å². The highest BCUT2D eigenvalue weighted by atomic mass is 16.5. The Morgan fingerprint density at radius 1 is 1.47 bits per heavy atom. The van der Waals surface area contributed by atoms with Crippen molar-refractivity contribution in [3.8, 4) is 0 Å². The van der Waals surface area contributed by atoms with Crippen molar-refractivity contribution in [2.24, 2.45) is 0 Å². The third-order valence-corrected chi connectivity index (χ3v) is 3.62. The smallest absolute Gasteiger partial charge is 0.323 e. The molecule has 0 aromatic carbocycles. The lowest BCUT2D eigenvalue weighted by Crippen LogP contribution is -2.46. The molecule has 1 aromatic rings. The Kier molecular flexibility index (Phi) is 3.48. The molecule has 3 rings (SSSR count). The van der Waals surface area contributed by atoms with Crippen molar-refractivity contribution in [1.29, 1.82) is 0 Å². The number of hydrogen-bond donors (Lipinski definition) is 1. The first-order valence-electron chi connectivity index (χ1n) is 6.71. The van der Waals surface area contributed by atoms with Crippen LogP contribution in [0.15, 0.2) is 0 Å². The van der Waals surface area contributed by atoms with E-state index >= 15 is 0 Å². The second-order valence-electron chi connectivity index (χ2n) is 4.82. The van der Waals surface area contributed by atoms with Gasteiger partial charge in [-0.25, -0.2) is 4.98 Å². The predicted molar refractivity (Wildman–Crippen MR) is 65.4 cm³/mol. The van der Waals surface area contributed by atoms with Crippen LogP contribution in [0.2, 0.25) is 0 Å². The highest BCUT2D eigenvalue weighted by Gasteiger charge is 2.36. The number of esters is 1. The molecule has 1 N–H and O–H groups in total. The molecular formula is C12H18N4O3. The third kappa shape index (κ3) is 2.48. The Morgan fingerprint density at radius 2 is 2.37 bits per heavy atom. The second kappa shape index (κ2) is 5.26. The van der Waals surface area contributed by atoms with Crippen molar-refractivity contribution in [2.75, 3.05) is 26.3 Å². The average Bonchev–Trinajstić information content (AvgIpc) is 3.07. The highest BCUT2D eigenvalue weighted by Crippen LogP contribution is 2.23. The van der Waals surface area contributed by atoms with Gasteiger partial charge in [0.05, 0.1) is 13.2 Å². The Morgan fingerprint density at radius 3 is 3.05 bits per heavy atom. The number of aromatic amines is 1. The molecule has 0 bridgehead atoms. The number of nitrogens with zero attached hydrogens (tertiary/aromatic N) is 3. The van der Waals surface area contributed by atoms with E-state index in [0.717, 1.165) is 25.2 Å². The molecule has 0 spiro atoms. The van der Waals surface area contributed by atoms with Crippen molar-refractivity contribution < 1.29 is 14.3 Å². The summed E-state index contributed by atoms with van der Waals surface area (Å²) in [6.45, 7) is 4.52. The zero-order chi connectivity index (χ0) is 13.2. The minimum atomic E-state index is -0.168. The summed E-state index contributed by atoms with van der Waals surface area (Å²) in [6, 6.07) is -0.129. The van der Waals surface area contributed by atoms with Crippen LogP contribution in [0.1, 0.15) is 31.1 Å². The average molecular weight is 266 g/mol. The van der Waals surface area contributed by atoms with Gasteiger partial charge in [-0.2, -0.15) is 5.10 Å². The quantitative estimate of drug-likeness (QED) is 0.779. The van der Waals surface area contributed by atoms with Crippen LogP contribution in [0.5, 0.6) is 0 Å². The molecule has 1 aromatic heterocycles. The van der Waals surface area contributed by atoms with Crippen molar-refractivity contribution in [2.45, 2.75) is 31.9 Å². The van der Waals surface area contributed by atoms with Gasteiger partial charge < -0.3 is 9.47 Å². The lowest BCUT2D eigenvalue weighted by Gasteiger charge is -2.33. The maximum Gasteiger partial charge on any atom is 0.323 e. The van der Waals surface area contributed by atoms with Crippen LogP contribution < -0.4 is 0 Å². The first kappa shape index (κ1) is 12.6. The maximum atomic E-state index is 11.6. The number of aromatic nitrogens is 3. The van der Waals surface area contributed by atoms with E-state index in [1.54, 1.807) is 0 Å². The van der Waals surface area contributed by atoms with Crippen LogP contribution in [0.3, 0.4) is 0 Å². The molecule has 0 unspecified atom stereocenters. The number of H-pyrrole nitrogens is 1. The van der Waals surface area contributed by atoms with E-state index in [2.05, 4.69) is 20.1 Å². The van der Waals surface area contributed by atoms with E-state index < -0.39 is 0 Å². The Hall–Kier alpha value is -1.47. The molecule has 2 aliphatic rings. The summed E-state index contributed by atoms with van der Waals surface area (Å²) in [6.07, 6.45) is 1.41. The Bertz CT molecular complexity index is 462. The number of nitrogens with one attached hydrogen (secondary N) is 1. The van der Waals surface area contributed by atoms with Crippen molar-refractivity contribution in [3.05, 3.63) is 11.6 Å². The van der Waals surface area contributed by atoms with Gasteiger partial charge in [-0.3, -0.25) is 14.8 Å². The van der Waals surface area contributed by atoms with E-state index in [4.69, 9.17) is 9.47 Å². The molecule has 7 heteroatoms. The first-order chi connectivity index (χ1) is 9.28. The molecule has 104 valence electrons. The van der Waals surface area contributed by atoms with E-state index in [-0.39, 0.29) is 18.1 Å². The van der Waals surface area contributed by atoms with Crippen LogP contribution in [0.4, 0.5) is 0 Å². The minimum absolute atomic E-state index is 0.120. The molecule has 0 radical (unpaired) electrons. The fraction of sp³-hybridized carbons (Fsp3) is 0.750. The molecule has 2 fully saturated rings. The summed E-state index contributed by atoms with van der Waals surface area (Å²) in [5, 5.41) is 7.08. The number of ether oxygens (including phenoxy) is 2. The summed E-state index contributed by atoms with van der Waals surface area (Å²) in [7, 11) is 0. The monoisotopic (exact) mass is 266 g/mol. The van der Waals surface area contributed by atoms with Gasteiger partial charge in [0, 0.05) is 25.9 Å². The number of carbonyl (C=O) groups excluding carboxylic acids is 1. The van der Waals surface area contributed by atoms with Gasteiger partial charge in [0.1, 0.15) is 18.0 Å². The summed E-state index contributed by atoms with van der Waals surface area (Å²) < 4.78 is 10.7. The highest BCUT2D eigenvalue weighted by molar-refractivity contribution is 5.77. The van der Waals surface area contributed by atoms with Gasteiger partial charge in [0.25, 0.3) is 0 Å². The molecule has 0 saturated carbocycles. The summed E-state index contributed by atoms with van der Waals surface area (Å²) in [4.78, 5) is 18.1. The fourth-order valence-corrected chi connectivity index (χ4v) is 2.54. The van der Waals surface area contributed by atoms with Crippen LogP contribution in [0, 0.1) is 0 Å². The minimum Gasteiger partial charge on any atom is -0.464 e. The lowest BCUT2D eigenvalue weighted by atomic mass is 10.1. The number of hydrogen-bond acceptors (Lipinski definition) is 6. The van der Waals surface area contributed by atoms with Gasteiger partial charge in [-0.05, 0) is 0 Å². The molecule has 2 saturated heterocycles. The number of aryl methyl sites for hydroxylation is 1. The summed E-state index contributed by atoms with van der Waals surface area (Å²) in [5.74, 6) is 1.41. The molecule has 19 heavy (non-hydrogen) atoms. The second-order valence-corrected chi connectivity index (χ2v) is 4.82. The molecular weight excluding hydrogens is 248 g/mol. The van der Waals surface area contributed by atoms with E-state index in [9.17, 15) is 4.79 Å². The van der Waals surface area contributed by atoms with Crippen LogP contribution >= 0.6 is 0 Å². The van der Waals surface area contributed by atoms with Gasteiger partial charge in [-0.15, -0.1) is 0 Å². The zero-order valence-electron chi connectivity index (χ0n) is 11.0. The van der Waals surface area contributed by atoms with Gasteiger partial charge in [0.15, 0.2) is 5.82 Å². The molecule has 0 amide bonds. The van der Waals surface area contributed by atoms with Crippen molar-refractivity contribution in [3.63, 3.8) is 0 Å². The molecule has 7 nitrogen and oxygen atoms in total. The van der Waals surface area contributed by atoms with E-state index in [0.29, 0.717) is 25.6 Å². The zero-order valence-corrected chi connectivity index (χ0v) is 11.0. The summed E-state index contributed by atoms with van der Waals surface area (Å²) >= 11 is 0. The molecule has 2 aliphatic heterocycles. The maximum absolute atomic E-state index is 11.6. The Balaban J connectivity index is 1.69. The normalized spacial score (nSPS) is 28.6. The number of cyclic esters (lactones) is 1. The number of carbonyl (C=O) groups is 1. The van der Waals surface area contributed by atoms with E-state index in [1.807, 2.05) is 6.92 Å². The number of morpholine rings is 1. The predicted octanol–water partition coefficient (Wildman–Crippen LogP) is 0.0559. The molecule has 2 atom stereocenters. The largest absolute Gasteiger partial charge is 0.464 e. The van der Waals surface area contributed by atoms with E-state index in [1.165, 1.54) is 0 Å². The molecule has 3 heterocycles. The third-order valence-electron chi connectivity index (χ3n) is 3.62.